The summed E-state index contributed by atoms with van der Waals surface area (Å²) in [5.74, 6) is -0.0332. The maximum absolute atomic E-state index is 13.2. The first-order valence-electron chi connectivity index (χ1n) is 8.21. The monoisotopic (exact) mass is 355 g/mol. The Bertz CT molecular complexity index is 987. The molecule has 0 aliphatic carbocycles. The number of rotatable bonds is 6. The number of H-pyrrole nitrogens is 1. The van der Waals surface area contributed by atoms with Gasteiger partial charge in [-0.1, -0.05) is 18.2 Å². The van der Waals surface area contributed by atoms with E-state index in [9.17, 15) is 14.0 Å². The van der Waals surface area contributed by atoms with Crippen molar-refractivity contribution < 1.29 is 13.9 Å². The van der Waals surface area contributed by atoms with E-state index in [0.717, 1.165) is 0 Å². The average molecular weight is 355 g/mol. The summed E-state index contributed by atoms with van der Waals surface area (Å²) in [7, 11) is 0. The highest BCUT2D eigenvalue weighted by Crippen LogP contribution is 2.12. The number of amides is 1. The molecule has 0 fully saturated rings. The first kappa shape index (κ1) is 17.6. The molecule has 7 heteroatoms. The molecule has 1 aromatic heterocycles. The van der Waals surface area contributed by atoms with Gasteiger partial charge < -0.3 is 14.6 Å². The predicted molar refractivity (Wildman–Crippen MR) is 95.3 cm³/mol. The Kier molecular flexibility index (Phi) is 5.26. The molecule has 1 amide bonds. The predicted octanol–water partition coefficient (Wildman–Crippen LogP) is 2.49. The minimum Gasteiger partial charge on any atom is -0.484 e. The number of aromatic amines is 1. The van der Waals surface area contributed by atoms with Crippen LogP contribution in [0, 0.1) is 5.82 Å². The summed E-state index contributed by atoms with van der Waals surface area (Å²) < 4.78 is 18.5. The van der Waals surface area contributed by atoms with Crippen LogP contribution in [0.1, 0.15) is 12.7 Å². The van der Waals surface area contributed by atoms with Crippen molar-refractivity contribution in [1.82, 2.24) is 14.9 Å². The third-order valence-electron chi connectivity index (χ3n) is 3.90. The van der Waals surface area contributed by atoms with Crippen molar-refractivity contribution in [3.8, 4) is 5.75 Å². The van der Waals surface area contributed by atoms with Crippen molar-refractivity contribution in [2.24, 2.45) is 0 Å². The van der Waals surface area contributed by atoms with Crippen LogP contribution in [0.5, 0.6) is 5.75 Å². The quantitative estimate of drug-likeness (QED) is 0.737. The average Bonchev–Trinajstić information content (AvgIpc) is 2.64. The summed E-state index contributed by atoms with van der Waals surface area (Å²) in [6.45, 7) is 2.16. The summed E-state index contributed by atoms with van der Waals surface area (Å²) in [4.78, 5) is 33.1. The molecule has 0 saturated heterocycles. The zero-order valence-electron chi connectivity index (χ0n) is 14.2. The Hall–Kier alpha value is -3.22. The number of benzene rings is 2. The van der Waals surface area contributed by atoms with Gasteiger partial charge in [0.2, 0.25) is 0 Å². The van der Waals surface area contributed by atoms with Crippen molar-refractivity contribution in [2.45, 2.75) is 13.5 Å². The van der Waals surface area contributed by atoms with Gasteiger partial charge in [0.25, 0.3) is 11.5 Å². The van der Waals surface area contributed by atoms with Crippen molar-refractivity contribution in [2.75, 3.05) is 13.2 Å². The molecule has 6 nitrogen and oxygen atoms in total. The SMILES string of the molecule is CCN(Cc1nc2ccccc2c(=O)[nH]1)C(=O)COc1cccc(F)c1. The normalized spacial score (nSPS) is 10.7. The van der Waals surface area contributed by atoms with Crippen LogP contribution < -0.4 is 10.3 Å². The van der Waals surface area contributed by atoms with Gasteiger partial charge in [0.05, 0.1) is 17.4 Å². The van der Waals surface area contributed by atoms with Crippen LogP contribution in [0.2, 0.25) is 0 Å². The summed E-state index contributed by atoms with van der Waals surface area (Å²) >= 11 is 0. The number of fused-ring (bicyclic) bond motifs is 1. The number of nitrogens with zero attached hydrogens (tertiary/aromatic N) is 2. The third-order valence-corrected chi connectivity index (χ3v) is 3.90. The number of hydrogen-bond donors (Lipinski definition) is 1. The van der Waals surface area contributed by atoms with Crippen molar-refractivity contribution in [3.63, 3.8) is 0 Å². The van der Waals surface area contributed by atoms with Gasteiger partial charge in [-0.25, -0.2) is 9.37 Å². The fourth-order valence-corrected chi connectivity index (χ4v) is 2.56. The molecule has 3 aromatic rings. The number of ether oxygens (including phenoxy) is 1. The number of aromatic nitrogens is 2. The third kappa shape index (κ3) is 4.05. The number of carbonyl (C=O) groups excluding carboxylic acids is 1. The zero-order valence-corrected chi connectivity index (χ0v) is 14.2. The highest BCUT2D eigenvalue weighted by Gasteiger charge is 2.15. The molecule has 0 radical (unpaired) electrons. The smallest absolute Gasteiger partial charge is 0.260 e. The topological polar surface area (TPSA) is 75.3 Å². The molecule has 2 aromatic carbocycles. The summed E-state index contributed by atoms with van der Waals surface area (Å²) in [5.41, 5.74) is 0.330. The molecule has 3 rings (SSSR count). The summed E-state index contributed by atoms with van der Waals surface area (Å²) in [6.07, 6.45) is 0. The molecule has 0 atom stereocenters. The van der Waals surface area contributed by atoms with E-state index in [1.807, 2.05) is 6.92 Å². The maximum atomic E-state index is 13.2. The van der Waals surface area contributed by atoms with Crippen LogP contribution in [0.4, 0.5) is 4.39 Å². The molecule has 0 aliphatic rings. The van der Waals surface area contributed by atoms with Crippen LogP contribution in [-0.2, 0) is 11.3 Å². The van der Waals surface area contributed by atoms with E-state index in [2.05, 4.69) is 9.97 Å². The van der Waals surface area contributed by atoms with Crippen LogP contribution in [0.15, 0.2) is 53.3 Å². The summed E-state index contributed by atoms with van der Waals surface area (Å²) in [6, 6.07) is 12.6. The lowest BCUT2D eigenvalue weighted by molar-refractivity contribution is -0.133. The van der Waals surface area contributed by atoms with Gasteiger partial charge in [0.1, 0.15) is 17.4 Å². The maximum Gasteiger partial charge on any atom is 0.260 e. The number of para-hydroxylation sites is 1. The molecule has 0 bridgehead atoms. The molecule has 0 aliphatic heterocycles. The van der Waals surface area contributed by atoms with E-state index >= 15 is 0 Å². The lowest BCUT2D eigenvalue weighted by Gasteiger charge is -2.20. The van der Waals surface area contributed by atoms with E-state index in [4.69, 9.17) is 4.74 Å². The van der Waals surface area contributed by atoms with Gasteiger partial charge >= 0.3 is 0 Å². The highest BCUT2D eigenvalue weighted by atomic mass is 19.1. The van der Waals surface area contributed by atoms with Crippen molar-refractivity contribution >= 4 is 16.8 Å². The van der Waals surface area contributed by atoms with Gasteiger partial charge in [0, 0.05) is 12.6 Å². The van der Waals surface area contributed by atoms with Gasteiger partial charge in [-0.3, -0.25) is 9.59 Å². The largest absolute Gasteiger partial charge is 0.484 e. The fraction of sp³-hybridized carbons (Fsp3) is 0.211. The molecule has 26 heavy (non-hydrogen) atoms. The van der Waals surface area contributed by atoms with Gasteiger partial charge in [0.15, 0.2) is 6.61 Å². The van der Waals surface area contributed by atoms with E-state index in [0.29, 0.717) is 23.3 Å². The number of nitrogens with one attached hydrogen (secondary N) is 1. The van der Waals surface area contributed by atoms with Gasteiger partial charge in [-0.15, -0.1) is 0 Å². The van der Waals surface area contributed by atoms with Gasteiger partial charge in [-0.2, -0.15) is 0 Å². The second kappa shape index (κ2) is 7.77. The molecule has 0 spiro atoms. The zero-order chi connectivity index (χ0) is 18.5. The van der Waals surface area contributed by atoms with E-state index < -0.39 is 5.82 Å². The second-order valence-electron chi connectivity index (χ2n) is 5.68. The molecule has 134 valence electrons. The first-order chi connectivity index (χ1) is 12.6. The lowest BCUT2D eigenvalue weighted by atomic mass is 10.2. The molecular weight excluding hydrogens is 337 g/mol. The Morgan fingerprint density at radius 3 is 2.81 bits per heavy atom. The Morgan fingerprint density at radius 2 is 2.04 bits per heavy atom. The molecule has 0 unspecified atom stereocenters. The standard InChI is InChI=1S/C19H18FN3O3/c1-2-23(18(24)12-26-14-7-5-6-13(20)10-14)11-17-21-16-9-4-3-8-15(16)19(25)22-17/h3-10H,2,11-12H2,1H3,(H,21,22,25). The van der Waals surface area contributed by atoms with E-state index in [1.165, 1.54) is 23.1 Å². The fourth-order valence-electron chi connectivity index (χ4n) is 2.56. The minimum absolute atomic E-state index is 0.155. The van der Waals surface area contributed by atoms with E-state index in [1.54, 1.807) is 30.3 Å². The van der Waals surface area contributed by atoms with Crippen molar-refractivity contribution in [3.05, 3.63) is 70.5 Å². The molecular formula is C19H18FN3O3. The Balaban J connectivity index is 1.70. The number of halogens is 1. The number of hydrogen-bond acceptors (Lipinski definition) is 4. The molecule has 1 heterocycles. The van der Waals surface area contributed by atoms with Gasteiger partial charge in [-0.05, 0) is 31.2 Å². The van der Waals surface area contributed by atoms with Crippen LogP contribution in [-0.4, -0.2) is 33.9 Å². The first-order valence-corrected chi connectivity index (χ1v) is 8.21. The lowest BCUT2D eigenvalue weighted by Crippen LogP contribution is -2.35. The Morgan fingerprint density at radius 1 is 1.23 bits per heavy atom. The highest BCUT2D eigenvalue weighted by molar-refractivity contribution is 5.78. The van der Waals surface area contributed by atoms with Crippen LogP contribution in [0.3, 0.4) is 0 Å². The second-order valence-corrected chi connectivity index (χ2v) is 5.68. The molecule has 0 saturated carbocycles. The molecule has 1 N–H and O–H groups in total. The Labute approximate surface area is 149 Å². The summed E-state index contributed by atoms with van der Waals surface area (Å²) in [5, 5.41) is 0.500. The van der Waals surface area contributed by atoms with Crippen LogP contribution >= 0.6 is 0 Å². The minimum atomic E-state index is -0.430. The number of likely N-dealkylation sites (N-methyl/N-ethyl adjacent to an activating group) is 1. The van der Waals surface area contributed by atoms with Crippen LogP contribution in [0.25, 0.3) is 10.9 Å². The van der Waals surface area contributed by atoms with Crippen molar-refractivity contribution in [1.29, 1.82) is 0 Å². The van der Waals surface area contributed by atoms with E-state index in [-0.39, 0.29) is 30.4 Å². The number of carbonyl (C=O) groups is 1.